The lowest BCUT2D eigenvalue weighted by Gasteiger charge is -2.12. The molecule has 0 bridgehead atoms. The van der Waals surface area contributed by atoms with Gasteiger partial charge in [0, 0.05) is 17.1 Å². The maximum Gasteiger partial charge on any atom is 0.315 e. The van der Waals surface area contributed by atoms with Crippen LogP contribution in [0, 0.1) is 12.8 Å². The molecule has 104 valence electrons. The van der Waals surface area contributed by atoms with E-state index in [4.69, 9.17) is 5.11 Å². The molecule has 1 heterocycles. The zero-order valence-corrected chi connectivity index (χ0v) is 11.5. The van der Waals surface area contributed by atoms with Crippen LogP contribution in [0.2, 0.25) is 0 Å². The number of carboxylic acids is 1. The van der Waals surface area contributed by atoms with Gasteiger partial charge in [-0.05, 0) is 26.2 Å². The molecule has 0 aromatic carbocycles. The van der Waals surface area contributed by atoms with Crippen molar-refractivity contribution < 1.29 is 14.7 Å². The molecule has 0 radical (unpaired) electrons. The van der Waals surface area contributed by atoms with Crippen LogP contribution in [-0.2, 0) is 11.3 Å². The number of hydrogen-bond donors (Lipinski definition) is 3. The van der Waals surface area contributed by atoms with E-state index in [1.807, 2.05) is 6.92 Å². The zero-order chi connectivity index (χ0) is 13.8. The van der Waals surface area contributed by atoms with Gasteiger partial charge < -0.3 is 15.7 Å². The topological polar surface area (TPSA) is 91.3 Å². The van der Waals surface area contributed by atoms with Gasteiger partial charge >= 0.3 is 12.0 Å². The Morgan fingerprint density at radius 3 is 2.89 bits per heavy atom. The summed E-state index contributed by atoms with van der Waals surface area (Å²) in [7, 11) is 0. The summed E-state index contributed by atoms with van der Waals surface area (Å²) in [6.07, 6.45) is 3.62. The molecule has 1 aliphatic carbocycles. The molecule has 2 amide bonds. The van der Waals surface area contributed by atoms with Gasteiger partial charge in [0.05, 0.1) is 17.5 Å². The fraction of sp³-hybridized carbons (Fsp3) is 0.583. The van der Waals surface area contributed by atoms with Gasteiger partial charge in [0.15, 0.2) is 0 Å². The minimum atomic E-state index is -0.773. The van der Waals surface area contributed by atoms with E-state index in [0.29, 0.717) is 19.4 Å². The molecule has 2 rings (SSSR count). The number of aryl methyl sites for hydroxylation is 1. The Morgan fingerprint density at radius 2 is 2.32 bits per heavy atom. The fourth-order valence-corrected chi connectivity index (χ4v) is 2.96. The molecular weight excluding hydrogens is 266 g/mol. The van der Waals surface area contributed by atoms with Crippen molar-refractivity contribution in [2.45, 2.75) is 38.8 Å². The normalized spacial score (nSPS) is 22.2. The van der Waals surface area contributed by atoms with Crippen molar-refractivity contribution in [1.82, 2.24) is 15.6 Å². The van der Waals surface area contributed by atoms with Crippen LogP contribution in [0.4, 0.5) is 4.79 Å². The van der Waals surface area contributed by atoms with E-state index in [-0.39, 0.29) is 18.0 Å². The van der Waals surface area contributed by atoms with E-state index in [1.54, 1.807) is 17.5 Å². The van der Waals surface area contributed by atoms with Crippen molar-refractivity contribution in [3.63, 3.8) is 0 Å². The minimum Gasteiger partial charge on any atom is -0.481 e. The van der Waals surface area contributed by atoms with Gasteiger partial charge in [-0.25, -0.2) is 9.78 Å². The summed E-state index contributed by atoms with van der Waals surface area (Å²) < 4.78 is 0. The molecule has 19 heavy (non-hydrogen) atoms. The summed E-state index contributed by atoms with van der Waals surface area (Å²) in [5.41, 5.74) is 0. The molecule has 0 spiro atoms. The maximum atomic E-state index is 11.7. The highest BCUT2D eigenvalue weighted by Gasteiger charge is 2.30. The van der Waals surface area contributed by atoms with Crippen LogP contribution < -0.4 is 10.6 Å². The lowest BCUT2D eigenvalue weighted by atomic mass is 10.1. The van der Waals surface area contributed by atoms with Gasteiger partial charge in [-0.2, -0.15) is 0 Å². The third-order valence-electron chi connectivity index (χ3n) is 3.21. The number of nitrogens with zero attached hydrogens (tertiary/aromatic N) is 1. The summed E-state index contributed by atoms with van der Waals surface area (Å²) >= 11 is 1.55. The van der Waals surface area contributed by atoms with Gasteiger partial charge in [-0.1, -0.05) is 0 Å². The molecule has 0 unspecified atom stereocenters. The fourth-order valence-electron chi connectivity index (χ4n) is 2.23. The maximum absolute atomic E-state index is 11.7. The minimum absolute atomic E-state index is 0.0377. The number of amides is 2. The molecule has 2 atom stereocenters. The van der Waals surface area contributed by atoms with Crippen molar-refractivity contribution in [1.29, 1.82) is 0 Å². The lowest BCUT2D eigenvalue weighted by Crippen LogP contribution is -2.40. The summed E-state index contributed by atoms with van der Waals surface area (Å²) in [5, 5.41) is 15.4. The number of thiazole rings is 1. The molecule has 6 nitrogen and oxygen atoms in total. The molecule has 1 aromatic rings. The van der Waals surface area contributed by atoms with Crippen molar-refractivity contribution >= 4 is 23.3 Å². The van der Waals surface area contributed by atoms with Crippen molar-refractivity contribution in [3.05, 3.63) is 16.1 Å². The monoisotopic (exact) mass is 283 g/mol. The quantitative estimate of drug-likeness (QED) is 0.781. The van der Waals surface area contributed by atoms with Crippen molar-refractivity contribution in [2.75, 3.05) is 0 Å². The van der Waals surface area contributed by atoms with Gasteiger partial charge in [0.2, 0.25) is 0 Å². The van der Waals surface area contributed by atoms with Gasteiger partial charge in [0.25, 0.3) is 0 Å². The highest BCUT2D eigenvalue weighted by Crippen LogP contribution is 2.25. The summed E-state index contributed by atoms with van der Waals surface area (Å²) in [6.45, 7) is 2.37. The number of nitrogens with one attached hydrogen (secondary N) is 2. The van der Waals surface area contributed by atoms with E-state index in [0.717, 1.165) is 16.3 Å². The standard InChI is InChI=1S/C12H17N3O3S/c1-7-13-5-10(19-7)6-14-12(18)15-9-3-2-8(4-9)11(16)17/h5,8-9H,2-4,6H2,1H3,(H,16,17)(H2,14,15,18)/t8-,9+/m1/s1. The molecule has 7 heteroatoms. The van der Waals surface area contributed by atoms with Crippen molar-refractivity contribution in [2.24, 2.45) is 5.92 Å². The number of carbonyl (C=O) groups is 2. The molecule has 1 aromatic heterocycles. The number of rotatable bonds is 4. The van der Waals surface area contributed by atoms with Gasteiger partial charge in [-0.3, -0.25) is 4.79 Å². The first-order chi connectivity index (χ1) is 9.04. The highest BCUT2D eigenvalue weighted by atomic mass is 32.1. The second-order valence-corrected chi connectivity index (χ2v) is 6.04. The SMILES string of the molecule is Cc1ncc(CNC(=O)N[C@H]2CC[C@@H](C(=O)O)C2)s1. The van der Waals surface area contributed by atoms with Crippen LogP contribution in [0.15, 0.2) is 6.20 Å². The van der Waals surface area contributed by atoms with Crippen molar-refractivity contribution in [3.8, 4) is 0 Å². The summed E-state index contributed by atoms with van der Waals surface area (Å²) in [5.74, 6) is -1.10. The molecule has 1 saturated carbocycles. The third kappa shape index (κ3) is 3.92. The van der Waals surface area contributed by atoms with Crippen LogP contribution in [0.5, 0.6) is 0 Å². The lowest BCUT2D eigenvalue weighted by molar-refractivity contribution is -0.141. The molecule has 3 N–H and O–H groups in total. The highest BCUT2D eigenvalue weighted by molar-refractivity contribution is 7.11. The average Bonchev–Trinajstić information content (AvgIpc) is 2.96. The third-order valence-corrected chi connectivity index (χ3v) is 4.12. The second-order valence-electron chi connectivity index (χ2n) is 4.72. The second kappa shape index (κ2) is 6.01. The largest absolute Gasteiger partial charge is 0.481 e. The smallest absolute Gasteiger partial charge is 0.315 e. The zero-order valence-electron chi connectivity index (χ0n) is 10.7. The Labute approximate surface area is 115 Å². The molecule has 1 fully saturated rings. The molecule has 1 aliphatic rings. The number of hydrogen-bond acceptors (Lipinski definition) is 4. The van der Waals surface area contributed by atoms with E-state index in [9.17, 15) is 9.59 Å². The van der Waals surface area contributed by atoms with Gasteiger partial charge in [-0.15, -0.1) is 11.3 Å². The van der Waals surface area contributed by atoms with E-state index < -0.39 is 5.97 Å². The first-order valence-electron chi connectivity index (χ1n) is 6.23. The first-order valence-corrected chi connectivity index (χ1v) is 7.04. The van der Waals surface area contributed by atoms with Crippen LogP contribution in [0.3, 0.4) is 0 Å². The number of aromatic nitrogens is 1. The average molecular weight is 283 g/mol. The molecular formula is C12H17N3O3S. The van der Waals surface area contributed by atoms with E-state index >= 15 is 0 Å². The number of urea groups is 1. The predicted octanol–water partition coefficient (Wildman–Crippen LogP) is 1.50. The Hall–Kier alpha value is -1.63. The van der Waals surface area contributed by atoms with Crippen LogP contribution >= 0.6 is 11.3 Å². The first kappa shape index (κ1) is 13.8. The van der Waals surface area contributed by atoms with E-state index in [2.05, 4.69) is 15.6 Å². The molecule has 0 saturated heterocycles. The van der Waals surface area contributed by atoms with E-state index in [1.165, 1.54) is 0 Å². The summed E-state index contributed by atoms with van der Waals surface area (Å²) in [6, 6.07) is -0.286. The Bertz CT molecular complexity index is 475. The summed E-state index contributed by atoms with van der Waals surface area (Å²) in [4.78, 5) is 27.6. The van der Waals surface area contributed by atoms with Crippen LogP contribution in [0.1, 0.15) is 29.1 Å². The van der Waals surface area contributed by atoms with Crippen LogP contribution in [-0.4, -0.2) is 28.1 Å². The van der Waals surface area contributed by atoms with Gasteiger partial charge in [0.1, 0.15) is 0 Å². The predicted molar refractivity (Wildman–Crippen MR) is 71.0 cm³/mol. The Morgan fingerprint density at radius 1 is 1.53 bits per heavy atom. The Kier molecular flexibility index (Phi) is 4.36. The number of aliphatic carboxylic acids is 1. The Balaban J connectivity index is 1.72. The number of carboxylic acid groups (broad SMARTS) is 1. The van der Waals surface area contributed by atoms with Crippen LogP contribution in [0.25, 0.3) is 0 Å². The number of carbonyl (C=O) groups excluding carboxylic acids is 1. The molecule has 0 aliphatic heterocycles.